The molecule has 2 N–H and O–H groups in total. The molecule has 0 saturated carbocycles. The molecule has 4 rings (SSSR count). The second-order valence-electron chi connectivity index (χ2n) is 7.28. The molecule has 0 aliphatic heterocycles. The van der Waals surface area contributed by atoms with Crippen LogP contribution in [0, 0.1) is 6.92 Å². The van der Waals surface area contributed by atoms with Crippen molar-refractivity contribution < 1.29 is 0 Å². The molecule has 0 aliphatic rings. The van der Waals surface area contributed by atoms with Crippen LogP contribution in [-0.2, 0) is 6.54 Å². The zero-order valence-corrected chi connectivity index (χ0v) is 17.9. The molecule has 6 nitrogen and oxygen atoms in total. The summed E-state index contributed by atoms with van der Waals surface area (Å²) in [6.45, 7) is 2.65. The molecule has 4 aromatic rings. The van der Waals surface area contributed by atoms with Crippen LogP contribution in [0.3, 0.4) is 0 Å². The Labute approximate surface area is 181 Å². The number of fused-ring (bicyclic) bond motifs is 1. The fourth-order valence-electron chi connectivity index (χ4n) is 3.13. The van der Waals surface area contributed by atoms with Crippen molar-refractivity contribution in [3.63, 3.8) is 0 Å². The number of hydrogen-bond acceptors (Lipinski definition) is 6. The van der Waals surface area contributed by atoms with Gasteiger partial charge in [-0.25, -0.2) is 4.98 Å². The third-order valence-electron chi connectivity index (χ3n) is 4.65. The summed E-state index contributed by atoms with van der Waals surface area (Å²) >= 11 is 6.08. The van der Waals surface area contributed by atoms with Crippen LogP contribution in [0.2, 0.25) is 5.02 Å². The summed E-state index contributed by atoms with van der Waals surface area (Å²) < 4.78 is 0. The van der Waals surface area contributed by atoms with Crippen LogP contribution in [0.4, 0.5) is 23.1 Å². The molecule has 30 heavy (non-hydrogen) atoms. The summed E-state index contributed by atoms with van der Waals surface area (Å²) in [5.74, 6) is 1.51. The molecular formula is C23H23ClN6. The van der Waals surface area contributed by atoms with Crippen LogP contribution < -0.4 is 15.5 Å². The van der Waals surface area contributed by atoms with Crippen molar-refractivity contribution in [2.45, 2.75) is 13.5 Å². The highest BCUT2D eigenvalue weighted by atomic mass is 35.5. The number of nitrogens with one attached hydrogen (secondary N) is 2. The first-order valence-corrected chi connectivity index (χ1v) is 10.0. The van der Waals surface area contributed by atoms with Crippen LogP contribution in [0.5, 0.6) is 0 Å². The van der Waals surface area contributed by atoms with Crippen LogP contribution in [-0.4, -0.2) is 29.0 Å². The van der Waals surface area contributed by atoms with Gasteiger partial charge >= 0.3 is 0 Å². The van der Waals surface area contributed by atoms with Crippen molar-refractivity contribution >= 4 is 45.6 Å². The highest BCUT2D eigenvalue weighted by molar-refractivity contribution is 6.31. The number of halogens is 1. The Bertz CT molecular complexity index is 1170. The van der Waals surface area contributed by atoms with E-state index in [1.807, 2.05) is 56.3 Å². The molecule has 7 heteroatoms. The summed E-state index contributed by atoms with van der Waals surface area (Å²) in [4.78, 5) is 15.2. The van der Waals surface area contributed by atoms with Crippen LogP contribution in [0.15, 0.2) is 60.8 Å². The minimum atomic E-state index is 0.681. The average Bonchev–Trinajstić information content (AvgIpc) is 2.73. The Hall–Kier alpha value is -3.38. The number of hydrogen-bond donors (Lipinski definition) is 2. The van der Waals surface area contributed by atoms with Gasteiger partial charge in [0.05, 0.1) is 5.52 Å². The van der Waals surface area contributed by atoms with Gasteiger partial charge in [0, 0.05) is 60.4 Å². The van der Waals surface area contributed by atoms with E-state index in [1.54, 1.807) is 6.20 Å². The number of aromatic nitrogens is 3. The fourth-order valence-corrected chi connectivity index (χ4v) is 3.29. The molecule has 0 saturated heterocycles. The van der Waals surface area contributed by atoms with Gasteiger partial charge < -0.3 is 15.5 Å². The number of aryl methyl sites for hydroxylation is 1. The molecule has 2 aromatic carbocycles. The molecule has 0 fully saturated rings. The van der Waals surface area contributed by atoms with Crippen LogP contribution in [0.25, 0.3) is 10.9 Å². The van der Waals surface area contributed by atoms with E-state index in [0.29, 0.717) is 17.5 Å². The molecule has 0 unspecified atom stereocenters. The largest absolute Gasteiger partial charge is 0.366 e. The lowest BCUT2D eigenvalue weighted by Crippen LogP contribution is -2.14. The Morgan fingerprint density at radius 3 is 2.53 bits per heavy atom. The third-order valence-corrected chi connectivity index (χ3v) is 4.89. The SMILES string of the molecule is Cc1cc(NCc2ccc(Nc3ccnc4cc(Cl)ccc34)cc2)nc(N(C)C)n1. The molecule has 152 valence electrons. The van der Waals surface area contributed by atoms with Gasteiger partial charge in [0.15, 0.2) is 0 Å². The molecule has 2 aromatic heterocycles. The maximum absolute atomic E-state index is 6.08. The number of nitrogens with zero attached hydrogens (tertiary/aromatic N) is 4. The fraction of sp³-hybridized carbons (Fsp3) is 0.174. The van der Waals surface area contributed by atoms with Gasteiger partial charge in [-0.1, -0.05) is 23.7 Å². The van der Waals surface area contributed by atoms with Crippen molar-refractivity contribution in [1.29, 1.82) is 0 Å². The first-order valence-electron chi connectivity index (χ1n) is 9.65. The Kier molecular flexibility index (Phi) is 5.68. The zero-order chi connectivity index (χ0) is 21.1. The predicted octanol–water partition coefficient (Wildman–Crippen LogP) is 5.41. The summed E-state index contributed by atoms with van der Waals surface area (Å²) in [5.41, 5.74) is 4.96. The summed E-state index contributed by atoms with van der Waals surface area (Å²) in [5, 5.41) is 8.55. The lowest BCUT2D eigenvalue weighted by Gasteiger charge is -2.14. The van der Waals surface area contributed by atoms with E-state index >= 15 is 0 Å². The Balaban J connectivity index is 1.45. The van der Waals surface area contributed by atoms with Crippen molar-refractivity contribution in [2.24, 2.45) is 0 Å². The number of rotatable bonds is 6. The maximum atomic E-state index is 6.08. The van der Waals surface area contributed by atoms with Crippen LogP contribution in [0.1, 0.15) is 11.3 Å². The topological polar surface area (TPSA) is 66.0 Å². The van der Waals surface area contributed by atoms with E-state index < -0.39 is 0 Å². The van der Waals surface area contributed by atoms with E-state index in [1.165, 1.54) is 0 Å². The molecule has 0 radical (unpaired) electrons. The van der Waals surface area contributed by atoms with Gasteiger partial charge in [-0.15, -0.1) is 0 Å². The number of anilines is 4. The summed E-state index contributed by atoms with van der Waals surface area (Å²) in [7, 11) is 3.87. The van der Waals surface area contributed by atoms with E-state index in [9.17, 15) is 0 Å². The first-order chi connectivity index (χ1) is 14.5. The Morgan fingerprint density at radius 2 is 1.77 bits per heavy atom. The predicted molar refractivity (Wildman–Crippen MR) is 125 cm³/mol. The summed E-state index contributed by atoms with van der Waals surface area (Å²) in [6, 6.07) is 18.0. The van der Waals surface area contributed by atoms with E-state index in [4.69, 9.17) is 11.6 Å². The van der Waals surface area contributed by atoms with E-state index in [2.05, 4.69) is 49.9 Å². The maximum Gasteiger partial charge on any atom is 0.226 e. The van der Waals surface area contributed by atoms with Gasteiger partial charge in [-0.3, -0.25) is 4.98 Å². The summed E-state index contributed by atoms with van der Waals surface area (Å²) in [6.07, 6.45) is 1.78. The van der Waals surface area contributed by atoms with E-state index in [-0.39, 0.29) is 0 Å². The van der Waals surface area contributed by atoms with Crippen molar-refractivity contribution in [3.8, 4) is 0 Å². The Morgan fingerprint density at radius 1 is 0.967 bits per heavy atom. The first kappa shape index (κ1) is 19.9. The van der Waals surface area contributed by atoms with Gasteiger partial charge in [-0.05, 0) is 48.9 Å². The third kappa shape index (κ3) is 4.60. The lowest BCUT2D eigenvalue weighted by atomic mass is 10.1. The second-order valence-corrected chi connectivity index (χ2v) is 7.72. The van der Waals surface area contributed by atoms with Gasteiger partial charge in [0.2, 0.25) is 5.95 Å². The van der Waals surface area contributed by atoms with E-state index in [0.717, 1.165) is 39.4 Å². The normalized spacial score (nSPS) is 10.8. The number of benzene rings is 2. The highest BCUT2D eigenvalue weighted by Gasteiger charge is 2.05. The highest BCUT2D eigenvalue weighted by Crippen LogP contribution is 2.27. The molecule has 0 bridgehead atoms. The smallest absolute Gasteiger partial charge is 0.226 e. The second kappa shape index (κ2) is 8.55. The standard InChI is InChI=1S/C23H23ClN6/c1-15-12-22(29-23(27-15)30(2)3)26-14-16-4-7-18(8-5-16)28-20-10-11-25-21-13-17(24)6-9-19(20)21/h4-13H,14H2,1-3H3,(H,25,28)(H,26,27,29). The van der Waals surface area contributed by atoms with Crippen molar-refractivity contribution in [3.05, 3.63) is 77.1 Å². The van der Waals surface area contributed by atoms with Crippen LogP contribution >= 0.6 is 11.6 Å². The minimum Gasteiger partial charge on any atom is -0.366 e. The molecule has 0 atom stereocenters. The monoisotopic (exact) mass is 418 g/mol. The molecule has 0 aliphatic carbocycles. The van der Waals surface area contributed by atoms with Crippen molar-refractivity contribution in [1.82, 2.24) is 15.0 Å². The molecule has 0 amide bonds. The quantitative estimate of drug-likeness (QED) is 0.436. The van der Waals surface area contributed by atoms with Gasteiger partial charge in [0.1, 0.15) is 5.82 Å². The minimum absolute atomic E-state index is 0.681. The molecule has 0 spiro atoms. The lowest BCUT2D eigenvalue weighted by molar-refractivity contribution is 0.968. The molecule has 2 heterocycles. The average molecular weight is 419 g/mol. The van der Waals surface area contributed by atoms with Gasteiger partial charge in [0.25, 0.3) is 0 Å². The zero-order valence-electron chi connectivity index (χ0n) is 17.1. The van der Waals surface area contributed by atoms with Gasteiger partial charge in [-0.2, -0.15) is 4.98 Å². The molecular weight excluding hydrogens is 396 g/mol. The van der Waals surface area contributed by atoms with Crippen molar-refractivity contribution in [2.75, 3.05) is 29.6 Å². The number of pyridine rings is 1.